The largest absolute Gasteiger partial charge is 0.422 e. The molecule has 12 heteroatoms. The summed E-state index contributed by atoms with van der Waals surface area (Å²) in [7, 11) is -4.28. The van der Waals surface area contributed by atoms with E-state index in [-0.39, 0.29) is 28.3 Å². The molecule has 0 aliphatic carbocycles. The van der Waals surface area contributed by atoms with Crippen LogP contribution in [0.15, 0.2) is 44.4 Å². The van der Waals surface area contributed by atoms with Crippen molar-refractivity contribution < 1.29 is 31.5 Å². The first-order chi connectivity index (χ1) is 16.0. The van der Waals surface area contributed by atoms with Gasteiger partial charge in [0.2, 0.25) is 10.0 Å². The molecule has 34 heavy (non-hydrogen) atoms. The first kappa shape index (κ1) is 24.1. The molecular formula is C22H20ClFN2O7S. The van der Waals surface area contributed by atoms with Gasteiger partial charge >= 0.3 is 11.7 Å². The molecule has 1 aromatic heterocycles. The Labute approximate surface area is 198 Å². The molecule has 0 atom stereocenters. The van der Waals surface area contributed by atoms with Crippen LogP contribution < -0.4 is 15.5 Å². The SMILES string of the molecule is Cc1c(Cc2ccc(F)c(S(N)(=O)=O)c2)c(=O)oc2cc(OC(=O)N3CCOCC3)c(Cl)cc12. The molecule has 9 nitrogen and oxygen atoms in total. The summed E-state index contributed by atoms with van der Waals surface area (Å²) >= 11 is 6.34. The highest BCUT2D eigenvalue weighted by Crippen LogP contribution is 2.33. The fourth-order valence-corrected chi connectivity index (χ4v) is 4.51. The van der Waals surface area contributed by atoms with Crippen LogP contribution in [0, 0.1) is 12.7 Å². The summed E-state index contributed by atoms with van der Waals surface area (Å²) in [4.78, 5) is 25.9. The zero-order chi connectivity index (χ0) is 24.6. The molecule has 1 aliphatic rings. The number of nitrogens with zero attached hydrogens (tertiary/aromatic N) is 1. The lowest BCUT2D eigenvalue weighted by Gasteiger charge is -2.26. The van der Waals surface area contributed by atoms with Gasteiger partial charge in [-0.25, -0.2) is 27.5 Å². The van der Waals surface area contributed by atoms with E-state index in [1.165, 1.54) is 23.1 Å². The Morgan fingerprint density at radius 2 is 1.94 bits per heavy atom. The van der Waals surface area contributed by atoms with E-state index in [1.54, 1.807) is 6.92 Å². The van der Waals surface area contributed by atoms with Crippen LogP contribution in [-0.4, -0.2) is 45.7 Å². The lowest BCUT2D eigenvalue weighted by molar-refractivity contribution is 0.0416. The number of primary sulfonamides is 1. The average Bonchev–Trinajstić information content (AvgIpc) is 2.79. The van der Waals surface area contributed by atoms with E-state index in [2.05, 4.69) is 0 Å². The van der Waals surface area contributed by atoms with Gasteiger partial charge in [-0.1, -0.05) is 17.7 Å². The third kappa shape index (κ3) is 4.92. The predicted molar refractivity (Wildman–Crippen MR) is 121 cm³/mol. The van der Waals surface area contributed by atoms with Gasteiger partial charge in [0.25, 0.3) is 0 Å². The van der Waals surface area contributed by atoms with E-state index in [1.807, 2.05) is 0 Å². The number of hydrogen-bond donors (Lipinski definition) is 1. The number of amides is 1. The number of carbonyl (C=O) groups excluding carboxylic acids is 1. The normalized spacial score (nSPS) is 14.4. The van der Waals surface area contributed by atoms with Crippen LogP contribution in [-0.2, 0) is 21.2 Å². The monoisotopic (exact) mass is 510 g/mol. The second kappa shape index (κ2) is 9.34. The lowest BCUT2D eigenvalue weighted by atomic mass is 9.99. The number of rotatable bonds is 4. The molecule has 1 saturated heterocycles. The molecule has 1 amide bonds. The standard InChI is InChI=1S/C22H20ClFN2O7S/c1-12-14-10-16(23)19(33-22(28)26-4-6-31-7-5-26)11-18(14)32-21(27)15(12)8-13-2-3-17(24)20(9-13)34(25,29)30/h2-3,9-11H,4-8H2,1H3,(H2,25,29,30). The van der Waals surface area contributed by atoms with Gasteiger partial charge in [0.1, 0.15) is 16.3 Å². The fraction of sp³-hybridized carbons (Fsp3) is 0.273. The number of halogens is 2. The molecule has 0 spiro atoms. The third-order valence-corrected chi connectivity index (χ3v) is 6.71. The van der Waals surface area contributed by atoms with Crippen LogP contribution in [0.2, 0.25) is 5.02 Å². The maximum Gasteiger partial charge on any atom is 0.415 e. The molecule has 3 aromatic rings. The Hall–Kier alpha value is -2.99. The molecule has 1 aliphatic heterocycles. The number of hydrogen-bond acceptors (Lipinski definition) is 7. The van der Waals surface area contributed by atoms with Crippen LogP contribution >= 0.6 is 11.6 Å². The minimum absolute atomic E-state index is 0.0295. The van der Waals surface area contributed by atoms with E-state index in [0.29, 0.717) is 42.8 Å². The number of benzene rings is 2. The van der Waals surface area contributed by atoms with Gasteiger partial charge in [0.05, 0.1) is 18.2 Å². The van der Waals surface area contributed by atoms with Gasteiger partial charge < -0.3 is 18.8 Å². The van der Waals surface area contributed by atoms with Gasteiger partial charge in [-0.3, -0.25) is 0 Å². The topological polar surface area (TPSA) is 129 Å². The Bertz CT molecular complexity index is 1450. The summed E-state index contributed by atoms with van der Waals surface area (Å²) in [6.45, 7) is 3.26. The third-order valence-electron chi connectivity index (χ3n) is 5.49. The Morgan fingerprint density at radius 1 is 1.24 bits per heavy atom. The van der Waals surface area contributed by atoms with Gasteiger partial charge in [-0.05, 0) is 36.2 Å². The highest BCUT2D eigenvalue weighted by Gasteiger charge is 2.22. The summed E-state index contributed by atoms with van der Waals surface area (Å²) < 4.78 is 53.1. The number of morpholine rings is 1. The first-order valence-electron chi connectivity index (χ1n) is 10.2. The number of carbonyl (C=O) groups is 1. The van der Waals surface area contributed by atoms with Crippen molar-refractivity contribution in [3.05, 3.63) is 68.3 Å². The molecule has 0 bridgehead atoms. The van der Waals surface area contributed by atoms with Crippen LogP contribution in [0.1, 0.15) is 16.7 Å². The van der Waals surface area contributed by atoms with E-state index < -0.39 is 32.5 Å². The molecular weight excluding hydrogens is 491 g/mol. The van der Waals surface area contributed by atoms with Gasteiger partial charge in [-0.15, -0.1) is 0 Å². The molecule has 2 heterocycles. The van der Waals surface area contributed by atoms with Crippen molar-refractivity contribution in [2.45, 2.75) is 18.2 Å². The number of sulfonamides is 1. The van der Waals surface area contributed by atoms with Gasteiger partial charge in [0.15, 0.2) is 5.75 Å². The molecule has 0 radical (unpaired) electrons. The molecule has 0 saturated carbocycles. The van der Waals surface area contributed by atoms with Crippen molar-refractivity contribution in [1.82, 2.24) is 4.90 Å². The first-order valence-corrected chi connectivity index (χ1v) is 12.1. The van der Waals surface area contributed by atoms with Crippen molar-refractivity contribution in [3.8, 4) is 5.75 Å². The molecule has 4 rings (SSSR count). The number of ether oxygens (including phenoxy) is 2. The molecule has 180 valence electrons. The summed E-state index contributed by atoms with van der Waals surface area (Å²) in [5, 5.41) is 5.69. The highest BCUT2D eigenvalue weighted by molar-refractivity contribution is 7.89. The minimum atomic E-state index is -4.28. The van der Waals surface area contributed by atoms with Gasteiger partial charge in [-0.2, -0.15) is 0 Å². The summed E-state index contributed by atoms with van der Waals surface area (Å²) in [5.74, 6) is -0.947. The second-order valence-electron chi connectivity index (χ2n) is 7.73. The molecule has 2 N–H and O–H groups in total. The zero-order valence-electron chi connectivity index (χ0n) is 18.0. The van der Waals surface area contributed by atoms with E-state index in [4.69, 9.17) is 30.6 Å². The molecule has 0 unspecified atom stereocenters. The summed E-state index contributed by atoms with van der Waals surface area (Å²) in [6.07, 6.45) is -0.625. The summed E-state index contributed by atoms with van der Waals surface area (Å²) in [5.41, 5.74) is 0.584. The van der Waals surface area contributed by atoms with E-state index in [0.717, 1.165) is 12.1 Å². The van der Waals surface area contributed by atoms with E-state index >= 15 is 0 Å². The van der Waals surface area contributed by atoms with Crippen LogP contribution in [0.3, 0.4) is 0 Å². The average molecular weight is 511 g/mol. The summed E-state index contributed by atoms with van der Waals surface area (Å²) in [6, 6.07) is 6.29. The highest BCUT2D eigenvalue weighted by atomic mass is 35.5. The predicted octanol–water partition coefficient (Wildman–Crippen LogP) is 2.96. The number of aryl methyl sites for hydroxylation is 1. The quantitative estimate of drug-likeness (QED) is 0.534. The molecule has 2 aromatic carbocycles. The van der Waals surface area contributed by atoms with Crippen molar-refractivity contribution in [2.75, 3.05) is 26.3 Å². The fourth-order valence-electron chi connectivity index (χ4n) is 3.66. The minimum Gasteiger partial charge on any atom is -0.422 e. The maximum absolute atomic E-state index is 13.9. The lowest BCUT2D eigenvalue weighted by Crippen LogP contribution is -2.42. The van der Waals surface area contributed by atoms with Crippen LogP contribution in [0.4, 0.5) is 9.18 Å². The Balaban J connectivity index is 1.68. The smallest absolute Gasteiger partial charge is 0.415 e. The van der Waals surface area contributed by atoms with Crippen molar-refractivity contribution >= 4 is 38.7 Å². The van der Waals surface area contributed by atoms with Crippen LogP contribution in [0.5, 0.6) is 5.75 Å². The van der Waals surface area contributed by atoms with Crippen LogP contribution in [0.25, 0.3) is 11.0 Å². The van der Waals surface area contributed by atoms with Crippen molar-refractivity contribution in [3.63, 3.8) is 0 Å². The Morgan fingerprint density at radius 3 is 2.62 bits per heavy atom. The number of fused-ring (bicyclic) bond motifs is 1. The Kier molecular flexibility index (Phi) is 6.63. The second-order valence-corrected chi connectivity index (χ2v) is 9.66. The maximum atomic E-state index is 13.9. The van der Waals surface area contributed by atoms with Gasteiger partial charge in [0, 0.05) is 36.5 Å². The van der Waals surface area contributed by atoms with Crippen molar-refractivity contribution in [1.29, 1.82) is 0 Å². The zero-order valence-corrected chi connectivity index (χ0v) is 19.5. The van der Waals surface area contributed by atoms with Crippen molar-refractivity contribution in [2.24, 2.45) is 5.14 Å². The van der Waals surface area contributed by atoms with E-state index in [9.17, 15) is 22.4 Å². The molecule has 1 fully saturated rings. The number of nitrogens with two attached hydrogens (primary N) is 1.